The van der Waals surface area contributed by atoms with Crippen molar-refractivity contribution in [1.29, 1.82) is 0 Å². The zero-order valence-electron chi connectivity index (χ0n) is 14.3. The number of benzene rings is 1. The molecule has 7 heteroatoms. The van der Waals surface area contributed by atoms with Gasteiger partial charge in [0.1, 0.15) is 5.75 Å². The van der Waals surface area contributed by atoms with Crippen molar-refractivity contribution in [1.82, 2.24) is 15.6 Å². The zero-order chi connectivity index (χ0) is 16.5. The van der Waals surface area contributed by atoms with Crippen molar-refractivity contribution in [2.45, 2.75) is 26.8 Å². The van der Waals surface area contributed by atoms with Crippen LogP contribution in [0, 0.1) is 6.92 Å². The van der Waals surface area contributed by atoms with Crippen molar-refractivity contribution in [2.75, 3.05) is 20.2 Å². The summed E-state index contributed by atoms with van der Waals surface area (Å²) in [5.41, 5.74) is 4.11. The third-order valence-electron chi connectivity index (χ3n) is 3.45. The van der Waals surface area contributed by atoms with E-state index in [2.05, 4.69) is 33.6 Å². The number of aromatic nitrogens is 1. The first kappa shape index (κ1) is 20.7. The van der Waals surface area contributed by atoms with Crippen LogP contribution >= 0.6 is 35.3 Å². The van der Waals surface area contributed by atoms with Gasteiger partial charge in [-0.05, 0) is 31.9 Å². The highest BCUT2D eigenvalue weighted by Gasteiger charge is 2.04. The average molecular weight is 460 g/mol. The molecule has 0 radical (unpaired) electrons. The van der Waals surface area contributed by atoms with E-state index in [1.807, 2.05) is 30.6 Å². The van der Waals surface area contributed by atoms with Gasteiger partial charge in [-0.25, -0.2) is 9.98 Å². The van der Waals surface area contributed by atoms with Gasteiger partial charge in [0.15, 0.2) is 5.96 Å². The van der Waals surface area contributed by atoms with Crippen molar-refractivity contribution in [2.24, 2.45) is 4.99 Å². The van der Waals surface area contributed by atoms with Gasteiger partial charge in [0.2, 0.25) is 0 Å². The molecular formula is C17H25IN4OS. The number of nitrogens with one attached hydrogen (secondary N) is 2. The van der Waals surface area contributed by atoms with Gasteiger partial charge in [0.25, 0.3) is 0 Å². The molecule has 2 aromatic rings. The van der Waals surface area contributed by atoms with E-state index in [0.717, 1.165) is 36.9 Å². The minimum atomic E-state index is 0. The fourth-order valence-corrected chi connectivity index (χ4v) is 2.90. The number of halogens is 1. The Bertz CT molecular complexity index is 645. The summed E-state index contributed by atoms with van der Waals surface area (Å²) in [6, 6.07) is 8.09. The van der Waals surface area contributed by atoms with Gasteiger partial charge in [-0.1, -0.05) is 18.2 Å². The average Bonchev–Trinajstić information content (AvgIpc) is 2.98. The van der Waals surface area contributed by atoms with Crippen LogP contribution in [0.15, 0.2) is 34.8 Å². The summed E-state index contributed by atoms with van der Waals surface area (Å²) in [6.07, 6.45) is 0.883. The van der Waals surface area contributed by atoms with E-state index in [0.29, 0.717) is 6.54 Å². The first-order valence-corrected chi connectivity index (χ1v) is 8.65. The Morgan fingerprint density at radius 2 is 2.08 bits per heavy atom. The molecule has 0 saturated carbocycles. The predicted octanol–water partition coefficient (Wildman–Crippen LogP) is 3.38. The van der Waals surface area contributed by atoms with Crippen LogP contribution in [0.1, 0.15) is 23.1 Å². The Morgan fingerprint density at radius 3 is 2.75 bits per heavy atom. The maximum Gasteiger partial charge on any atom is 0.191 e. The summed E-state index contributed by atoms with van der Waals surface area (Å²) in [5.74, 6) is 1.76. The lowest BCUT2D eigenvalue weighted by Crippen LogP contribution is -2.38. The van der Waals surface area contributed by atoms with Crippen LogP contribution in [0.4, 0.5) is 0 Å². The van der Waals surface area contributed by atoms with E-state index in [1.54, 1.807) is 18.4 Å². The number of para-hydroxylation sites is 1. The number of hydrogen-bond acceptors (Lipinski definition) is 4. The Morgan fingerprint density at radius 1 is 1.29 bits per heavy atom. The van der Waals surface area contributed by atoms with Crippen LogP contribution in [-0.4, -0.2) is 31.1 Å². The molecule has 1 aromatic heterocycles. The highest BCUT2D eigenvalue weighted by Crippen LogP contribution is 2.17. The smallest absolute Gasteiger partial charge is 0.191 e. The summed E-state index contributed by atoms with van der Waals surface area (Å²) in [5, 5.41) is 6.64. The quantitative estimate of drug-likeness (QED) is 0.378. The van der Waals surface area contributed by atoms with E-state index >= 15 is 0 Å². The van der Waals surface area contributed by atoms with E-state index < -0.39 is 0 Å². The van der Waals surface area contributed by atoms with Crippen molar-refractivity contribution in [3.63, 3.8) is 0 Å². The first-order chi connectivity index (χ1) is 11.2. The number of aliphatic imine (C=N–C) groups is 1. The molecule has 2 N–H and O–H groups in total. The molecule has 132 valence electrons. The highest BCUT2D eigenvalue weighted by atomic mass is 127. The van der Waals surface area contributed by atoms with Gasteiger partial charge in [0, 0.05) is 18.0 Å². The number of guanidine groups is 1. The standard InChI is InChI=1S/C17H24N4OS.HI/c1-4-18-17(20-11-16-13(2)21-12-23-16)19-10-9-14-7-5-6-8-15(14)22-3;/h5-8,12H,4,9-11H2,1-3H3,(H2,18,19,20);1H. The second-order valence-electron chi connectivity index (χ2n) is 5.04. The van der Waals surface area contributed by atoms with Gasteiger partial charge in [-0.2, -0.15) is 0 Å². The molecule has 0 aliphatic heterocycles. The SMILES string of the molecule is CCNC(=NCc1scnc1C)NCCc1ccccc1OC.I. The normalized spacial score (nSPS) is 10.9. The lowest BCUT2D eigenvalue weighted by atomic mass is 10.1. The van der Waals surface area contributed by atoms with Crippen molar-refractivity contribution >= 4 is 41.3 Å². The Hall–Kier alpha value is -1.35. The zero-order valence-corrected chi connectivity index (χ0v) is 17.5. The van der Waals surface area contributed by atoms with Crippen molar-refractivity contribution in [3.05, 3.63) is 45.9 Å². The van der Waals surface area contributed by atoms with Crippen LogP contribution in [0.3, 0.4) is 0 Å². The Kier molecular flexibility index (Phi) is 9.70. The molecule has 0 atom stereocenters. The predicted molar refractivity (Wildman–Crippen MR) is 112 cm³/mol. The van der Waals surface area contributed by atoms with Gasteiger partial charge >= 0.3 is 0 Å². The minimum Gasteiger partial charge on any atom is -0.496 e. The van der Waals surface area contributed by atoms with Crippen LogP contribution in [0.2, 0.25) is 0 Å². The molecule has 0 aliphatic carbocycles. The van der Waals surface area contributed by atoms with Gasteiger partial charge in [-0.3, -0.25) is 0 Å². The Balaban J connectivity index is 0.00000288. The monoisotopic (exact) mass is 460 g/mol. The van der Waals surface area contributed by atoms with E-state index in [-0.39, 0.29) is 24.0 Å². The summed E-state index contributed by atoms with van der Waals surface area (Å²) >= 11 is 1.64. The second kappa shape index (κ2) is 11.2. The number of aryl methyl sites for hydroxylation is 1. The molecule has 24 heavy (non-hydrogen) atoms. The third-order valence-corrected chi connectivity index (χ3v) is 4.37. The maximum atomic E-state index is 5.38. The fraction of sp³-hybridized carbons (Fsp3) is 0.412. The summed E-state index contributed by atoms with van der Waals surface area (Å²) in [4.78, 5) is 10.1. The molecule has 0 saturated heterocycles. The van der Waals surface area contributed by atoms with Crippen LogP contribution in [0.5, 0.6) is 5.75 Å². The van der Waals surface area contributed by atoms with E-state index in [4.69, 9.17) is 4.74 Å². The number of rotatable bonds is 7. The number of thiazole rings is 1. The maximum absolute atomic E-state index is 5.38. The third kappa shape index (κ3) is 6.27. The van der Waals surface area contributed by atoms with Crippen molar-refractivity contribution in [3.8, 4) is 5.75 Å². The molecule has 5 nitrogen and oxygen atoms in total. The van der Waals surface area contributed by atoms with E-state index in [9.17, 15) is 0 Å². The molecule has 0 bridgehead atoms. The number of methoxy groups -OCH3 is 1. The van der Waals surface area contributed by atoms with Gasteiger partial charge in [0.05, 0.1) is 24.9 Å². The van der Waals surface area contributed by atoms with Gasteiger partial charge < -0.3 is 15.4 Å². The first-order valence-electron chi connectivity index (χ1n) is 7.77. The molecule has 0 unspecified atom stereocenters. The molecule has 0 amide bonds. The van der Waals surface area contributed by atoms with Crippen LogP contribution < -0.4 is 15.4 Å². The number of nitrogens with zero attached hydrogens (tertiary/aromatic N) is 2. The van der Waals surface area contributed by atoms with Gasteiger partial charge in [-0.15, -0.1) is 35.3 Å². The molecule has 1 aromatic carbocycles. The number of hydrogen-bond donors (Lipinski definition) is 2. The van der Waals surface area contributed by atoms with Crippen LogP contribution in [-0.2, 0) is 13.0 Å². The van der Waals surface area contributed by atoms with Crippen LogP contribution in [0.25, 0.3) is 0 Å². The molecule has 0 spiro atoms. The summed E-state index contributed by atoms with van der Waals surface area (Å²) in [7, 11) is 1.70. The lowest BCUT2D eigenvalue weighted by Gasteiger charge is -2.12. The van der Waals surface area contributed by atoms with E-state index in [1.165, 1.54) is 10.4 Å². The lowest BCUT2D eigenvalue weighted by molar-refractivity contribution is 0.409. The summed E-state index contributed by atoms with van der Waals surface area (Å²) in [6.45, 7) is 6.37. The minimum absolute atomic E-state index is 0. The molecule has 0 aliphatic rings. The topological polar surface area (TPSA) is 58.5 Å². The Labute approximate surface area is 165 Å². The molecule has 1 heterocycles. The second-order valence-corrected chi connectivity index (χ2v) is 5.98. The summed E-state index contributed by atoms with van der Waals surface area (Å²) < 4.78 is 5.38. The molecule has 2 rings (SSSR count). The highest BCUT2D eigenvalue weighted by molar-refractivity contribution is 14.0. The fourth-order valence-electron chi connectivity index (χ4n) is 2.20. The molecular weight excluding hydrogens is 435 g/mol. The van der Waals surface area contributed by atoms with Crippen molar-refractivity contribution < 1.29 is 4.74 Å². The number of ether oxygens (including phenoxy) is 1. The largest absolute Gasteiger partial charge is 0.496 e. The molecule has 0 fully saturated rings.